The van der Waals surface area contributed by atoms with Crippen molar-refractivity contribution in [1.82, 2.24) is 0 Å². The molecule has 0 atom stereocenters. The zero-order valence-electron chi connectivity index (χ0n) is 6.24. The smallest absolute Gasteiger partial charge is 0.292 e. The van der Waals surface area contributed by atoms with E-state index in [2.05, 4.69) is 0 Å². The van der Waals surface area contributed by atoms with Crippen molar-refractivity contribution in [3.05, 3.63) is 29.8 Å². The van der Waals surface area contributed by atoms with Crippen LogP contribution in [-0.4, -0.2) is 11.3 Å². The molecule has 0 amide bonds. The second-order valence-corrected chi connectivity index (χ2v) is 2.46. The maximum Gasteiger partial charge on any atom is 0.292 e. The van der Waals surface area contributed by atoms with Crippen molar-refractivity contribution in [2.45, 2.75) is 0 Å². The fraction of sp³-hybridized carbons (Fsp3) is 0. The molecule has 3 heteroatoms. The van der Waals surface area contributed by atoms with Crippen LogP contribution in [0.4, 0.5) is 0 Å². The third-order valence-electron chi connectivity index (χ3n) is 1.76. The van der Waals surface area contributed by atoms with Gasteiger partial charge >= 0.3 is 0 Å². The van der Waals surface area contributed by atoms with E-state index in [1.807, 2.05) is 12.1 Å². The molecule has 0 aliphatic rings. The first-order valence-corrected chi connectivity index (χ1v) is 3.54. The highest BCUT2D eigenvalue weighted by Gasteiger charge is 2.09. The van der Waals surface area contributed by atoms with Crippen LogP contribution in [0.5, 0.6) is 5.95 Å². The number of aromatic hydroxyl groups is 1. The third-order valence-corrected chi connectivity index (χ3v) is 1.76. The van der Waals surface area contributed by atoms with Gasteiger partial charge in [-0.3, -0.25) is 0 Å². The minimum atomic E-state index is -0.189. The summed E-state index contributed by atoms with van der Waals surface area (Å²) in [5, 5.41) is 17.0. The lowest BCUT2D eigenvalue weighted by atomic mass is 10.2. The molecule has 12 heavy (non-hydrogen) atoms. The number of furan rings is 1. The molecule has 0 saturated carbocycles. The van der Waals surface area contributed by atoms with E-state index in [0.717, 1.165) is 11.6 Å². The van der Waals surface area contributed by atoms with Crippen molar-refractivity contribution in [3.8, 4) is 5.95 Å². The second-order valence-electron chi connectivity index (χ2n) is 2.46. The molecule has 1 aromatic carbocycles. The molecule has 60 valence electrons. The molecule has 1 heterocycles. The fourth-order valence-corrected chi connectivity index (χ4v) is 1.19. The SMILES string of the molecule is N=Cc1c(O)oc2ccccc12. The summed E-state index contributed by atoms with van der Waals surface area (Å²) in [4.78, 5) is 0. The van der Waals surface area contributed by atoms with Crippen molar-refractivity contribution in [3.63, 3.8) is 0 Å². The molecule has 3 nitrogen and oxygen atoms in total. The summed E-state index contributed by atoms with van der Waals surface area (Å²) in [7, 11) is 0. The van der Waals surface area contributed by atoms with Gasteiger partial charge < -0.3 is 14.9 Å². The predicted octanol–water partition coefficient (Wildman–Crippen LogP) is 2.14. The van der Waals surface area contributed by atoms with Crippen LogP contribution in [0.15, 0.2) is 28.7 Å². The molecule has 0 unspecified atom stereocenters. The van der Waals surface area contributed by atoms with Gasteiger partial charge in [-0.15, -0.1) is 0 Å². The summed E-state index contributed by atoms with van der Waals surface area (Å²) in [6.45, 7) is 0. The van der Waals surface area contributed by atoms with Gasteiger partial charge in [0.25, 0.3) is 5.95 Å². The van der Waals surface area contributed by atoms with E-state index in [0.29, 0.717) is 11.1 Å². The van der Waals surface area contributed by atoms with E-state index < -0.39 is 0 Å². The van der Waals surface area contributed by atoms with E-state index in [1.54, 1.807) is 12.1 Å². The van der Waals surface area contributed by atoms with Gasteiger partial charge in [-0.2, -0.15) is 0 Å². The summed E-state index contributed by atoms with van der Waals surface area (Å²) in [5.74, 6) is -0.189. The van der Waals surface area contributed by atoms with Crippen LogP contribution in [-0.2, 0) is 0 Å². The first kappa shape index (κ1) is 6.91. The zero-order chi connectivity index (χ0) is 8.55. The summed E-state index contributed by atoms with van der Waals surface area (Å²) < 4.78 is 4.99. The Morgan fingerprint density at radius 2 is 2.08 bits per heavy atom. The van der Waals surface area contributed by atoms with Gasteiger partial charge in [-0.05, 0) is 6.07 Å². The Morgan fingerprint density at radius 1 is 1.33 bits per heavy atom. The van der Waals surface area contributed by atoms with Crippen molar-refractivity contribution in [1.29, 1.82) is 5.41 Å². The standard InChI is InChI=1S/C9H7NO2/c10-5-7-6-3-1-2-4-8(6)12-9(7)11/h1-5,10-11H. The Kier molecular flexibility index (Phi) is 1.37. The van der Waals surface area contributed by atoms with Crippen LogP contribution in [0.25, 0.3) is 11.0 Å². The normalized spacial score (nSPS) is 10.3. The number of fused-ring (bicyclic) bond motifs is 1. The minimum Gasteiger partial charge on any atom is -0.480 e. The van der Waals surface area contributed by atoms with E-state index in [9.17, 15) is 5.11 Å². The maximum atomic E-state index is 9.22. The minimum absolute atomic E-state index is 0.189. The molecule has 0 spiro atoms. The van der Waals surface area contributed by atoms with Gasteiger partial charge in [0.2, 0.25) is 0 Å². The predicted molar refractivity (Wildman–Crippen MR) is 45.8 cm³/mol. The summed E-state index contributed by atoms with van der Waals surface area (Å²) in [6, 6.07) is 7.21. The van der Waals surface area contributed by atoms with Crippen molar-refractivity contribution in [2.24, 2.45) is 0 Å². The van der Waals surface area contributed by atoms with Gasteiger partial charge in [-0.25, -0.2) is 0 Å². The van der Waals surface area contributed by atoms with E-state index in [4.69, 9.17) is 9.83 Å². The van der Waals surface area contributed by atoms with Crippen LogP contribution in [0.3, 0.4) is 0 Å². The van der Waals surface area contributed by atoms with Gasteiger partial charge in [0.1, 0.15) is 5.58 Å². The zero-order valence-corrected chi connectivity index (χ0v) is 6.24. The Labute approximate surface area is 68.8 Å². The van der Waals surface area contributed by atoms with Crippen molar-refractivity contribution in [2.75, 3.05) is 0 Å². The first-order chi connectivity index (χ1) is 5.83. The third kappa shape index (κ3) is 0.797. The molecule has 0 aliphatic carbocycles. The molecular weight excluding hydrogens is 154 g/mol. The van der Waals surface area contributed by atoms with Gasteiger partial charge in [0.05, 0.1) is 5.56 Å². The highest BCUT2D eigenvalue weighted by Crippen LogP contribution is 2.28. The average molecular weight is 161 g/mol. The van der Waals surface area contributed by atoms with E-state index in [-0.39, 0.29) is 5.95 Å². The fourth-order valence-electron chi connectivity index (χ4n) is 1.19. The lowest BCUT2D eigenvalue weighted by Gasteiger charge is -1.85. The maximum absolute atomic E-state index is 9.22. The second kappa shape index (κ2) is 2.37. The molecule has 2 aromatic rings. The number of hydrogen-bond donors (Lipinski definition) is 2. The highest BCUT2D eigenvalue weighted by atomic mass is 16.5. The molecule has 1 aromatic heterocycles. The summed E-state index contributed by atoms with van der Waals surface area (Å²) in [5.41, 5.74) is 1.04. The van der Waals surface area contributed by atoms with Crippen LogP contribution >= 0.6 is 0 Å². The topological polar surface area (TPSA) is 57.2 Å². The lowest BCUT2D eigenvalue weighted by molar-refractivity contribution is 0.345. The average Bonchev–Trinajstić information content (AvgIpc) is 2.40. The van der Waals surface area contributed by atoms with E-state index in [1.165, 1.54) is 0 Å². The van der Waals surface area contributed by atoms with Crippen molar-refractivity contribution < 1.29 is 9.52 Å². The molecule has 0 radical (unpaired) electrons. The number of benzene rings is 1. The first-order valence-electron chi connectivity index (χ1n) is 3.54. The number of nitrogens with one attached hydrogen (secondary N) is 1. The lowest BCUT2D eigenvalue weighted by Crippen LogP contribution is -1.74. The number of rotatable bonds is 1. The van der Waals surface area contributed by atoms with Crippen LogP contribution in [0.1, 0.15) is 5.56 Å². The Morgan fingerprint density at radius 3 is 2.83 bits per heavy atom. The summed E-state index contributed by atoms with van der Waals surface area (Å²) in [6.07, 6.45) is 1.08. The molecule has 2 N–H and O–H groups in total. The largest absolute Gasteiger partial charge is 0.480 e. The van der Waals surface area contributed by atoms with Crippen molar-refractivity contribution >= 4 is 17.2 Å². The molecule has 0 fully saturated rings. The Balaban J connectivity index is 2.90. The monoisotopic (exact) mass is 161 g/mol. The summed E-state index contributed by atoms with van der Waals surface area (Å²) >= 11 is 0. The molecule has 2 rings (SSSR count). The Bertz CT molecular complexity index is 431. The van der Waals surface area contributed by atoms with Crippen LogP contribution in [0.2, 0.25) is 0 Å². The molecule has 0 bridgehead atoms. The highest BCUT2D eigenvalue weighted by molar-refractivity contribution is 5.99. The molecular formula is C9H7NO2. The molecule has 0 saturated heterocycles. The Hall–Kier alpha value is -1.77. The van der Waals surface area contributed by atoms with Crippen LogP contribution < -0.4 is 0 Å². The number of para-hydroxylation sites is 1. The number of hydrogen-bond acceptors (Lipinski definition) is 3. The quantitative estimate of drug-likeness (QED) is 0.629. The van der Waals surface area contributed by atoms with Crippen LogP contribution in [0, 0.1) is 5.41 Å². The van der Waals surface area contributed by atoms with E-state index >= 15 is 0 Å². The van der Waals surface area contributed by atoms with Gasteiger partial charge in [0.15, 0.2) is 0 Å². The van der Waals surface area contributed by atoms with Gasteiger partial charge in [0, 0.05) is 11.6 Å². The molecule has 0 aliphatic heterocycles. The van der Waals surface area contributed by atoms with Gasteiger partial charge in [-0.1, -0.05) is 18.2 Å².